The van der Waals surface area contributed by atoms with Gasteiger partial charge in [0.1, 0.15) is 11.3 Å². The van der Waals surface area contributed by atoms with Crippen LogP contribution in [0.15, 0.2) is 59.1 Å². The molecule has 3 aromatic carbocycles. The molecule has 2 aromatic heterocycles. The zero-order valence-corrected chi connectivity index (χ0v) is 21.7. The van der Waals surface area contributed by atoms with Crippen molar-refractivity contribution in [2.75, 3.05) is 0 Å². The molecule has 184 valence electrons. The first-order valence-corrected chi connectivity index (χ1v) is 12.8. The highest BCUT2D eigenvalue weighted by Gasteiger charge is 2.32. The third kappa shape index (κ3) is 3.57. The number of aromatic amines is 1. The van der Waals surface area contributed by atoms with E-state index in [1.165, 1.54) is 16.7 Å². The molecule has 5 aromatic rings. The van der Waals surface area contributed by atoms with E-state index in [0.29, 0.717) is 11.8 Å². The highest BCUT2D eigenvalue weighted by Crippen LogP contribution is 2.47. The minimum Gasteiger partial charge on any atom is -0.456 e. The monoisotopic (exact) mass is 480 g/mol. The van der Waals surface area contributed by atoms with E-state index in [2.05, 4.69) is 82.1 Å². The average molecular weight is 481 g/mol. The number of fused-ring (bicyclic) bond motifs is 3. The molecule has 1 unspecified atom stereocenters. The summed E-state index contributed by atoms with van der Waals surface area (Å²) < 4.78 is 19.2. The minimum atomic E-state index is -0.478. The fraction of sp³-hybridized carbons (Fsp3) is 0.323. The smallest absolute Gasteiger partial charge is 0.268 e. The number of benzene rings is 3. The second-order valence-electron chi connectivity index (χ2n) is 10.7. The Morgan fingerprint density at radius 2 is 1.61 bits per heavy atom. The molecule has 1 aliphatic heterocycles. The summed E-state index contributed by atoms with van der Waals surface area (Å²) in [5.41, 5.74) is 7.60. The van der Waals surface area contributed by atoms with Gasteiger partial charge in [-0.3, -0.25) is 5.10 Å². The van der Waals surface area contributed by atoms with Crippen molar-refractivity contribution in [2.45, 2.75) is 65.6 Å². The summed E-state index contributed by atoms with van der Waals surface area (Å²) in [5.74, 6) is 3.50. The molecule has 0 bridgehead atoms. The van der Waals surface area contributed by atoms with Gasteiger partial charge in [-0.1, -0.05) is 53.7 Å². The molecule has 36 heavy (non-hydrogen) atoms. The van der Waals surface area contributed by atoms with Gasteiger partial charge in [-0.15, -0.1) is 0 Å². The molecular formula is C31H32N2O3. The summed E-state index contributed by atoms with van der Waals surface area (Å²) in [4.78, 5) is 0. The van der Waals surface area contributed by atoms with Crippen molar-refractivity contribution in [3.8, 4) is 22.8 Å². The maximum absolute atomic E-state index is 6.43. The Bertz CT molecular complexity index is 1590. The fourth-order valence-electron chi connectivity index (χ4n) is 5.42. The van der Waals surface area contributed by atoms with E-state index in [4.69, 9.17) is 13.9 Å². The highest BCUT2D eigenvalue weighted by atomic mass is 16.7. The zero-order valence-electron chi connectivity index (χ0n) is 21.7. The number of hydrogen-bond donors (Lipinski definition) is 1. The highest BCUT2D eigenvalue weighted by molar-refractivity contribution is 5.91. The van der Waals surface area contributed by atoms with Crippen LogP contribution in [-0.4, -0.2) is 10.2 Å². The van der Waals surface area contributed by atoms with Gasteiger partial charge in [0.25, 0.3) is 6.29 Å². The summed E-state index contributed by atoms with van der Waals surface area (Å²) in [7, 11) is 0. The molecule has 0 amide bonds. The predicted molar refractivity (Wildman–Crippen MR) is 144 cm³/mol. The number of rotatable bonds is 5. The SMILES string of the molecule is CC(C)c1cccc2c1OC(c1ccc3oc(-c4cc(C(C)C)c5cn[nH]c5c4)cc3c1C(C)C)O2. The number of furan rings is 1. The minimum absolute atomic E-state index is 0.260. The van der Waals surface area contributed by atoms with Gasteiger partial charge >= 0.3 is 0 Å². The molecule has 0 spiro atoms. The number of H-pyrrole nitrogens is 1. The third-order valence-electron chi connectivity index (χ3n) is 7.19. The van der Waals surface area contributed by atoms with E-state index in [-0.39, 0.29) is 5.92 Å². The van der Waals surface area contributed by atoms with Gasteiger partial charge in [0.15, 0.2) is 11.5 Å². The Kier molecular flexibility index (Phi) is 5.32. The van der Waals surface area contributed by atoms with Crippen LogP contribution in [0.4, 0.5) is 0 Å². The van der Waals surface area contributed by atoms with Crippen LogP contribution in [0.2, 0.25) is 0 Å². The van der Waals surface area contributed by atoms with Gasteiger partial charge in [-0.25, -0.2) is 0 Å². The van der Waals surface area contributed by atoms with Crippen LogP contribution in [0.1, 0.15) is 87.8 Å². The van der Waals surface area contributed by atoms with Gasteiger partial charge < -0.3 is 13.9 Å². The Hall–Kier alpha value is -3.73. The van der Waals surface area contributed by atoms with Crippen LogP contribution < -0.4 is 9.47 Å². The first-order chi connectivity index (χ1) is 17.3. The molecule has 0 fully saturated rings. The third-order valence-corrected chi connectivity index (χ3v) is 7.19. The van der Waals surface area contributed by atoms with Crippen molar-refractivity contribution >= 4 is 21.9 Å². The van der Waals surface area contributed by atoms with Crippen molar-refractivity contribution in [1.29, 1.82) is 0 Å². The van der Waals surface area contributed by atoms with Gasteiger partial charge in [0, 0.05) is 27.5 Å². The molecule has 5 heteroatoms. The van der Waals surface area contributed by atoms with E-state index in [9.17, 15) is 0 Å². The molecule has 1 aliphatic rings. The Morgan fingerprint density at radius 1 is 0.806 bits per heavy atom. The van der Waals surface area contributed by atoms with Crippen molar-refractivity contribution in [3.05, 3.63) is 77.0 Å². The second-order valence-corrected chi connectivity index (χ2v) is 10.7. The molecule has 1 atom stereocenters. The van der Waals surface area contributed by atoms with Gasteiger partial charge in [0.2, 0.25) is 0 Å². The number of para-hydroxylation sites is 1. The maximum Gasteiger partial charge on any atom is 0.268 e. The summed E-state index contributed by atoms with van der Waals surface area (Å²) in [6.07, 6.45) is 1.43. The molecule has 0 saturated carbocycles. The van der Waals surface area contributed by atoms with Crippen molar-refractivity contribution in [2.24, 2.45) is 0 Å². The standard InChI is InChI=1S/C31H32N2O3/c1-16(2)20-8-7-9-27-30(20)36-31(35-27)21-10-11-26-23(29(21)18(5)6)14-28(34-26)19-12-22(17(3)4)24-15-32-33-25(24)13-19/h7-18,31H,1-6H3,(H,32,33). The maximum atomic E-state index is 6.43. The Labute approximate surface area is 211 Å². The van der Waals surface area contributed by atoms with E-state index >= 15 is 0 Å². The molecule has 3 heterocycles. The Morgan fingerprint density at radius 3 is 2.36 bits per heavy atom. The lowest BCUT2D eigenvalue weighted by atomic mass is 9.92. The molecule has 0 saturated heterocycles. The molecule has 0 radical (unpaired) electrons. The topological polar surface area (TPSA) is 60.3 Å². The van der Waals surface area contributed by atoms with Gasteiger partial charge in [-0.05, 0) is 65.3 Å². The van der Waals surface area contributed by atoms with Crippen LogP contribution in [0, 0.1) is 0 Å². The Balaban J connectivity index is 1.46. The first-order valence-electron chi connectivity index (χ1n) is 12.8. The summed E-state index contributed by atoms with van der Waals surface area (Å²) >= 11 is 0. The van der Waals surface area contributed by atoms with E-state index < -0.39 is 6.29 Å². The normalized spacial score (nSPS) is 15.3. The van der Waals surface area contributed by atoms with Crippen LogP contribution >= 0.6 is 0 Å². The molecular weight excluding hydrogens is 448 g/mol. The molecule has 5 nitrogen and oxygen atoms in total. The van der Waals surface area contributed by atoms with Crippen molar-refractivity contribution in [3.63, 3.8) is 0 Å². The van der Waals surface area contributed by atoms with E-state index in [1.54, 1.807) is 0 Å². The largest absolute Gasteiger partial charge is 0.456 e. The summed E-state index contributed by atoms with van der Waals surface area (Å²) in [6, 6.07) is 16.8. The predicted octanol–water partition coefficient (Wildman–Crippen LogP) is 8.82. The quantitative estimate of drug-likeness (QED) is 0.273. The fourth-order valence-corrected chi connectivity index (χ4v) is 5.42. The molecule has 0 aliphatic carbocycles. The van der Waals surface area contributed by atoms with Crippen LogP contribution in [0.25, 0.3) is 33.2 Å². The number of aromatic nitrogens is 2. The lowest BCUT2D eigenvalue weighted by Crippen LogP contribution is -2.12. The molecule has 1 N–H and O–H groups in total. The number of nitrogens with zero attached hydrogens (tertiary/aromatic N) is 1. The van der Waals surface area contributed by atoms with Crippen LogP contribution in [0.3, 0.4) is 0 Å². The summed E-state index contributed by atoms with van der Waals surface area (Å²) in [5, 5.41) is 9.65. The van der Waals surface area contributed by atoms with Gasteiger partial charge in [0.05, 0.1) is 11.7 Å². The number of nitrogens with one attached hydrogen (secondary N) is 1. The van der Waals surface area contributed by atoms with Crippen LogP contribution in [0.5, 0.6) is 11.5 Å². The zero-order chi connectivity index (χ0) is 25.1. The molecule has 6 rings (SSSR count). The van der Waals surface area contributed by atoms with Crippen LogP contribution in [-0.2, 0) is 0 Å². The van der Waals surface area contributed by atoms with Gasteiger partial charge in [-0.2, -0.15) is 5.10 Å². The second kappa shape index (κ2) is 8.44. The average Bonchev–Trinajstić information content (AvgIpc) is 3.59. The number of ether oxygens (including phenoxy) is 2. The summed E-state index contributed by atoms with van der Waals surface area (Å²) in [6.45, 7) is 13.2. The lowest BCUT2D eigenvalue weighted by molar-refractivity contribution is 0.0473. The van der Waals surface area contributed by atoms with Crippen molar-refractivity contribution < 1.29 is 13.9 Å². The first kappa shape index (κ1) is 22.7. The number of hydrogen-bond acceptors (Lipinski definition) is 4. The van der Waals surface area contributed by atoms with E-state index in [0.717, 1.165) is 50.3 Å². The van der Waals surface area contributed by atoms with Crippen molar-refractivity contribution in [1.82, 2.24) is 10.2 Å². The van der Waals surface area contributed by atoms with E-state index in [1.807, 2.05) is 24.4 Å². The lowest BCUT2D eigenvalue weighted by Gasteiger charge is -2.18.